The fourth-order valence-electron chi connectivity index (χ4n) is 0.492. The van der Waals surface area contributed by atoms with Gasteiger partial charge in [-0.2, -0.15) is 0 Å². The van der Waals surface area contributed by atoms with E-state index in [0.29, 0.717) is 6.61 Å². The monoisotopic (exact) mass is 220 g/mol. The Morgan fingerprint density at radius 1 is 1.27 bits per heavy atom. The summed E-state index contributed by atoms with van der Waals surface area (Å²) in [5.74, 6) is -1.25. The molecule has 0 bridgehead atoms. The molecule has 0 aromatic rings. The van der Waals surface area contributed by atoms with Gasteiger partial charge in [0.25, 0.3) is 0 Å². The SMILES string of the molecule is CC(C)C(C)C(=O)O.CCOC(=O)CO. The van der Waals surface area contributed by atoms with Crippen LogP contribution in [0.5, 0.6) is 0 Å². The lowest BCUT2D eigenvalue weighted by atomic mass is 9.99. The Hall–Kier alpha value is -1.10. The fourth-order valence-corrected chi connectivity index (χ4v) is 0.492. The van der Waals surface area contributed by atoms with Crippen LogP contribution in [0.2, 0.25) is 0 Å². The van der Waals surface area contributed by atoms with Gasteiger partial charge in [-0.1, -0.05) is 20.8 Å². The van der Waals surface area contributed by atoms with Crippen molar-refractivity contribution in [2.45, 2.75) is 27.7 Å². The molecule has 0 aliphatic rings. The number of carboxylic acid groups (broad SMARTS) is 1. The first kappa shape index (κ1) is 16.3. The molecule has 0 aromatic heterocycles. The van der Waals surface area contributed by atoms with Gasteiger partial charge in [0.05, 0.1) is 12.5 Å². The summed E-state index contributed by atoms with van der Waals surface area (Å²) in [5.41, 5.74) is 0. The number of hydrogen-bond acceptors (Lipinski definition) is 4. The Balaban J connectivity index is 0. The third-order valence-electron chi connectivity index (χ3n) is 1.82. The van der Waals surface area contributed by atoms with Crippen LogP contribution in [-0.2, 0) is 14.3 Å². The Morgan fingerprint density at radius 2 is 1.73 bits per heavy atom. The van der Waals surface area contributed by atoms with Crippen molar-refractivity contribution in [3.63, 3.8) is 0 Å². The third kappa shape index (κ3) is 10.8. The molecule has 1 atom stereocenters. The normalized spacial score (nSPS) is 11.3. The van der Waals surface area contributed by atoms with Crippen molar-refractivity contribution in [1.29, 1.82) is 0 Å². The Morgan fingerprint density at radius 3 is 1.80 bits per heavy atom. The van der Waals surface area contributed by atoms with Crippen LogP contribution in [0.3, 0.4) is 0 Å². The molecule has 0 aliphatic heterocycles. The molecule has 0 radical (unpaired) electrons. The number of carbonyl (C=O) groups excluding carboxylic acids is 1. The highest BCUT2D eigenvalue weighted by atomic mass is 16.5. The Kier molecular flexibility index (Phi) is 10.3. The molecule has 0 saturated carbocycles. The quantitative estimate of drug-likeness (QED) is 0.688. The minimum absolute atomic E-state index is 0.213. The molecular formula is C10H20O5. The second-order valence-corrected chi connectivity index (χ2v) is 3.33. The largest absolute Gasteiger partial charge is 0.481 e. The molecule has 5 heteroatoms. The zero-order chi connectivity index (χ0) is 12.4. The van der Waals surface area contributed by atoms with Crippen molar-refractivity contribution in [3.8, 4) is 0 Å². The van der Waals surface area contributed by atoms with Gasteiger partial charge in [-0.3, -0.25) is 4.79 Å². The molecule has 15 heavy (non-hydrogen) atoms. The molecule has 1 unspecified atom stereocenters. The minimum Gasteiger partial charge on any atom is -0.481 e. The average Bonchev–Trinajstić information content (AvgIpc) is 2.17. The number of aliphatic carboxylic acids is 1. The van der Waals surface area contributed by atoms with Crippen LogP contribution in [0.1, 0.15) is 27.7 Å². The standard InChI is InChI=1S/C6H12O2.C4H8O3/c1-4(2)5(3)6(7)8;1-2-7-4(6)3-5/h4-5H,1-3H3,(H,7,8);5H,2-3H2,1H3. The van der Waals surface area contributed by atoms with E-state index < -0.39 is 18.5 Å². The zero-order valence-corrected chi connectivity index (χ0v) is 9.69. The summed E-state index contributed by atoms with van der Waals surface area (Å²) in [6.07, 6.45) is 0. The molecule has 90 valence electrons. The van der Waals surface area contributed by atoms with Crippen molar-refractivity contribution in [3.05, 3.63) is 0 Å². The summed E-state index contributed by atoms with van der Waals surface area (Å²) < 4.78 is 4.30. The van der Waals surface area contributed by atoms with Crippen LogP contribution < -0.4 is 0 Å². The number of carbonyl (C=O) groups is 2. The van der Waals surface area contributed by atoms with Crippen LogP contribution in [0.25, 0.3) is 0 Å². The van der Waals surface area contributed by atoms with Crippen LogP contribution in [0, 0.1) is 11.8 Å². The van der Waals surface area contributed by atoms with Gasteiger partial charge in [-0.05, 0) is 12.8 Å². The Labute approximate surface area is 90.1 Å². The van der Waals surface area contributed by atoms with E-state index in [2.05, 4.69) is 4.74 Å². The highest BCUT2D eigenvalue weighted by Crippen LogP contribution is 2.08. The summed E-state index contributed by atoms with van der Waals surface area (Å²) in [6.45, 7) is 7.02. The van der Waals surface area contributed by atoms with Crippen LogP contribution >= 0.6 is 0 Å². The molecule has 0 rings (SSSR count). The number of esters is 1. The smallest absolute Gasteiger partial charge is 0.331 e. The van der Waals surface area contributed by atoms with Gasteiger partial charge in [0.2, 0.25) is 0 Å². The Bertz CT molecular complexity index is 188. The van der Waals surface area contributed by atoms with Crippen LogP contribution in [0.15, 0.2) is 0 Å². The predicted octanol–water partition coefficient (Wildman–Crippen LogP) is 0.905. The summed E-state index contributed by atoms with van der Waals surface area (Å²) in [5, 5.41) is 16.3. The number of aliphatic hydroxyl groups excluding tert-OH is 1. The van der Waals surface area contributed by atoms with E-state index in [4.69, 9.17) is 10.2 Å². The number of aliphatic hydroxyl groups is 1. The lowest BCUT2D eigenvalue weighted by molar-refractivity contribution is -0.146. The molecule has 0 saturated heterocycles. The number of ether oxygens (including phenoxy) is 1. The fraction of sp³-hybridized carbons (Fsp3) is 0.800. The van der Waals surface area contributed by atoms with E-state index in [9.17, 15) is 9.59 Å². The molecule has 0 aliphatic carbocycles. The predicted molar refractivity (Wildman–Crippen MR) is 55.4 cm³/mol. The van der Waals surface area contributed by atoms with E-state index in [1.807, 2.05) is 13.8 Å². The maximum atomic E-state index is 10.1. The van der Waals surface area contributed by atoms with E-state index in [1.54, 1.807) is 13.8 Å². The lowest BCUT2D eigenvalue weighted by Crippen LogP contribution is -2.15. The average molecular weight is 220 g/mol. The second kappa shape index (κ2) is 9.45. The highest BCUT2D eigenvalue weighted by Gasteiger charge is 2.13. The number of hydrogen-bond donors (Lipinski definition) is 2. The molecule has 0 spiro atoms. The van der Waals surface area contributed by atoms with Gasteiger partial charge < -0.3 is 14.9 Å². The van der Waals surface area contributed by atoms with Crippen molar-refractivity contribution < 1.29 is 24.5 Å². The maximum Gasteiger partial charge on any atom is 0.331 e. The number of carboxylic acids is 1. The molecule has 2 N–H and O–H groups in total. The van der Waals surface area contributed by atoms with Gasteiger partial charge in [0, 0.05) is 0 Å². The highest BCUT2D eigenvalue weighted by molar-refractivity contribution is 5.70. The van der Waals surface area contributed by atoms with Gasteiger partial charge in [0.15, 0.2) is 0 Å². The van der Waals surface area contributed by atoms with Crippen molar-refractivity contribution >= 4 is 11.9 Å². The third-order valence-corrected chi connectivity index (χ3v) is 1.82. The molecule has 0 amide bonds. The van der Waals surface area contributed by atoms with E-state index in [-0.39, 0.29) is 11.8 Å². The van der Waals surface area contributed by atoms with Gasteiger partial charge >= 0.3 is 11.9 Å². The molecule has 0 fully saturated rings. The van der Waals surface area contributed by atoms with Gasteiger partial charge in [-0.25, -0.2) is 4.79 Å². The number of rotatable bonds is 4. The van der Waals surface area contributed by atoms with Gasteiger partial charge in [0.1, 0.15) is 6.61 Å². The van der Waals surface area contributed by atoms with E-state index in [0.717, 1.165) is 0 Å². The molecule has 5 nitrogen and oxygen atoms in total. The minimum atomic E-state index is -0.708. The maximum absolute atomic E-state index is 10.1. The first-order chi connectivity index (χ1) is 6.86. The summed E-state index contributed by atoms with van der Waals surface area (Å²) >= 11 is 0. The molecule has 0 heterocycles. The van der Waals surface area contributed by atoms with Crippen molar-refractivity contribution in [1.82, 2.24) is 0 Å². The van der Waals surface area contributed by atoms with Crippen LogP contribution in [0.4, 0.5) is 0 Å². The second-order valence-electron chi connectivity index (χ2n) is 3.33. The lowest BCUT2D eigenvalue weighted by Gasteiger charge is -2.07. The zero-order valence-electron chi connectivity index (χ0n) is 9.69. The molecule has 0 aromatic carbocycles. The first-order valence-corrected chi connectivity index (χ1v) is 4.86. The topological polar surface area (TPSA) is 83.8 Å². The van der Waals surface area contributed by atoms with Crippen LogP contribution in [-0.4, -0.2) is 35.4 Å². The van der Waals surface area contributed by atoms with E-state index in [1.165, 1.54) is 0 Å². The summed E-state index contributed by atoms with van der Waals surface area (Å²) in [7, 11) is 0. The van der Waals surface area contributed by atoms with Crippen molar-refractivity contribution in [2.24, 2.45) is 11.8 Å². The summed E-state index contributed by atoms with van der Waals surface area (Å²) in [4.78, 5) is 20.1. The van der Waals surface area contributed by atoms with Gasteiger partial charge in [-0.15, -0.1) is 0 Å². The van der Waals surface area contributed by atoms with Crippen molar-refractivity contribution in [2.75, 3.05) is 13.2 Å². The summed E-state index contributed by atoms with van der Waals surface area (Å²) in [6, 6.07) is 0. The van der Waals surface area contributed by atoms with E-state index >= 15 is 0 Å². The molecular weight excluding hydrogens is 200 g/mol. The first-order valence-electron chi connectivity index (χ1n) is 4.86.